The van der Waals surface area contributed by atoms with E-state index in [1.165, 1.54) is 11.3 Å². The van der Waals surface area contributed by atoms with Crippen molar-refractivity contribution >= 4 is 29.0 Å². The SMILES string of the molecule is O=C(NC1CCCCC1)[C@H](c1cccnc1)N(C(=O)c1csnn1)c1ccc2c(c1)OCO2. The molecule has 1 aliphatic heterocycles. The molecule has 1 N–H and O–H groups in total. The summed E-state index contributed by atoms with van der Waals surface area (Å²) in [6.45, 7) is 0.108. The largest absolute Gasteiger partial charge is 0.454 e. The van der Waals surface area contributed by atoms with Gasteiger partial charge in [0.2, 0.25) is 12.7 Å². The molecule has 0 radical (unpaired) electrons. The van der Waals surface area contributed by atoms with E-state index >= 15 is 0 Å². The lowest BCUT2D eigenvalue weighted by molar-refractivity contribution is -0.123. The second-order valence-corrected chi connectivity index (χ2v) is 8.65. The third-order valence-corrected chi connectivity index (χ3v) is 6.40. The van der Waals surface area contributed by atoms with Crippen LogP contribution in [0.2, 0.25) is 0 Å². The summed E-state index contributed by atoms with van der Waals surface area (Å²) in [6, 6.07) is 7.86. The Kier molecular flexibility index (Phi) is 6.16. The molecular weight excluding hydrogens is 442 g/mol. The van der Waals surface area contributed by atoms with Gasteiger partial charge in [0.05, 0.1) is 0 Å². The molecule has 1 aromatic carbocycles. The van der Waals surface area contributed by atoms with Gasteiger partial charge in [0, 0.05) is 41.1 Å². The summed E-state index contributed by atoms with van der Waals surface area (Å²) in [6.07, 6.45) is 8.44. The van der Waals surface area contributed by atoms with Crippen LogP contribution in [0.4, 0.5) is 5.69 Å². The second-order valence-electron chi connectivity index (χ2n) is 8.04. The number of hydrogen-bond donors (Lipinski definition) is 1. The Morgan fingerprint density at radius 2 is 1.97 bits per heavy atom. The van der Waals surface area contributed by atoms with Crippen LogP contribution in [0.15, 0.2) is 48.1 Å². The van der Waals surface area contributed by atoms with Crippen molar-refractivity contribution in [1.82, 2.24) is 19.9 Å². The fraction of sp³-hybridized carbons (Fsp3) is 0.348. The highest BCUT2D eigenvalue weighted by molar-refractivity contribution is 7.03. The van der Waals surface area contributed by atoms with Crippen LogP contribution in [0.3, 0.4) is 0 Å². The number of amides is 2. The maximum atomic E-state index is 13.7. The fourth-order valence-electron chi connectivity index (χ4n) is 4.28. The van der Waals surface area contributed by atoms with Crippen molar-refractivity contribution in [3.8, 4) is 11.5 Å². The lowest BCUT2D eigenvalue weighted by Gasteiger charge is -2.33. The number of aromatic nitrogens is 3. The summed E-state index contributed by atoms with van der Waals surface area (Å²) in [5.41, 5.74) is 1.25. The predicted molar refractivity (Wildman–Crippen MR) is 121 cm³/mol. The number of benzene rings is 1. The van der Waals surface area contributed by atoms with E-state index in [9.17, 15) is 9.59 Å². The van der Waals surface area contributed by atoms with E-state index in [1.54, 1.807) is 48.1 Å². The number of anilines is 1. The van der Waals surface area contributed by atoms with E-state index in [0.29, 0.717) is 22.7 Å². The molecule has 9 nitrogen and oxygen atoms in total. The molecule has 0 bridgehead atoms. The van der Waals surface area contributed by atoms with Crippen molar-refractivity contribution < 1.29 is 19.1 Å². The zero-order chi connectivity index (χ0) is 22.6. The van der Waals surface area contributed by atoms with Crippen molar-refractivity contribution in [1.29, 1.82) is 0 Å². The maximum absolute atomic E-state index is 13.7. The zero-order valence-corrected chi connectivity index (χ0v) is 18.7. The number of rotatable bonds is 6. The van der Waals surface area contributed by atoms with Crippen LogP contribution in [0, 0.1) is 0 Å². The lowest BCUT2D eigenvalue weighted by atomic mass is 9.94. The van der Waals surface area contributed by atoms with Crippen LogP contribution in [-0.4, -0.2) is 39.2 Å². The Balaban J connectivity index is 1.57. The topological polar surface area (TPSA) is 107 Å². The molecule has 2 aliphatic rings. The average molecular weight is 466 g/mol. The number of ether oxygens (including phenoxy) is 2. The van der Waals surface area contributed by atoms with E-state index in [4.69, 9.17) is 9.47 Å². The summed E-state index contributed by atoms with van der Waals surface area (Å²) in [4.78, 5) is 33.0. The van der Waals surface area contributed by atoms with Crippen LogP contribution >= 0.6 is 11.5 Å². The van der Waals surface area contributed by atoms with Crippen molar-refractivity contribution in [2.24, 2.45) is 0 Å². The quantitative estimate of drug-likeness (QED) is 0.594. The second kappa shape index (κ2) is 9.53. The van der Waals surface area contributed by atoms with Crippen LogP contribution < -0.4 is 19.7 Å². The van der Waals surface area contributed by atoms with Gasteiger partial charge in [-0.15, -0.1) is 5.10 Å². The van der Waals surface area contributed by atoms with Gasteiger partial charge >= 0.3 is 0 Å². The molecule has 1 fully saturated rings. The molecule has 10 heteroatoms. The van der Waals surface area contributed by atoms with Crippen molar-refractivity contribution in [2.75, 3.05) is 11.7 Å². The molecular formula is C23H23N5O4S. The normalized spacial score (nSPS) is 16.2. The first-order chi connectivity index (χ1) is 16.2. The predicted octanol–water partition coefficient (Wildman–Crippen LogP) is 3.50. The first kappa shape index (κ1) is 21.3. The summed E-state index contributed by atoms with van der Waals surface area (Å²) < 4.78 is 14.8. The molecule has 1 atom stereocenters. The van der Waals surface area contributed by atoms with Crippen LogP contribution in [-0.2, 0) is 4.79 Å². The number of carbonyl (C=O) groups excluding carboxylic acids is 2. The summed E-state index contributed by atoms with van der Waals surface area (Å²) in [5.74, 6) is 0.407. The minimum Gasteiger partial charge on any atom is -0.454 e. The fourth-order valence-corrected chi connectivity index (χ4v) is 4.71. The molecule has 3 heterocycles. The molecule has 170 valence electrons. The van der Waals surface area contributed by atoms with E-state index in [0.717, 1.165) is 37.2 Å². The standard InChI is InChI=1S/C23H23N5O4S/c29-22(25-16-6-2-1-3-7-16)21(15-5-4-10-24-12-15)28(23(30)18-13-33-27-26-18)17-8-9-19-20(11-17)32-14-31-19/h4-5,8-13,16,21H,1-3,6-7,14H2,(H,25,29)/t21-/m0/s1. The van der Waals surface area contributed by atoms with Gasteiger partial charge in [-0.1, -0.05) is 29.8 Å². The minimum atomic E-state index is -0.949. The highest BCUT2D eigenvalue weighted by Crippen LogP contribution is 2.38. The van der Waals surface area contributed by atoms with Gasteiger partial charge in [-0.3, -0.25) is 19.5 Å². The summed E-state index contributed by atoms with van der Waals surface area (Å²) in [5, 5.41) is 8.70. The Labute approximate surface area is 194 Å². The Morgan fingerprint density at radius 1 is 1.12 bits per heavy atom. The number of carbonyl (C=O) groups is 2. The zero-order valence-electron chi connectivity index (χ0n) is 17.8. The van der Waals surface area contributed by atoms with Gasteiger partial charge in [0.25, 0.3) is 5.91 Å². The van der Waals surface area contributed by atoms with Crippen LogP contribution in [0.5, 0.6) is 11.5 Å². The minimum absolute atomic E-state index is 0.0834. The summed E-state index contributed by atoms with van der Waals surface area (Å²) >= 11 is 1.08. The van der Waals surface area contributed by atoms with E-state index in [-0.39, 0.29) is 24.4 Å². The average Bonchev–Trinajstić information content (AvgIpc) is 3.55. The van der Waals surface area contributed by atoms with Crippen molar-refractivity contribution in [2.45, 2.75) is 44.2 Å². The molecule has 2 aromatic heterocycles. The van der Waals surface area contributed by atoms with E-state index in [2.05, 4.69) is 19.9 Å². The Morgan fingerprint density at radius 3 is 2.73 bits per heavy atom. The molecule has 2 amide bonds. The Bertz CT molecular complexity index is 1120. The van der Waals surface area contributed by atoms with Gasteiger partial charge in [0.15, 0.2) is 17.2 Å². The maximum Gasteiger partial charge on any atom is 0.280 e. The Hall–Kier alpha value is -3.53. The number of pyridine rings is 1. The molecule has 0 saturated heterocycles. The van der Waals surface area contributed by atoms with Crippen LogP contribution in [0.1, 0.15) is 54.2 Å². The highest BCUT2D eigenvalue weighted by Gasteiger charge is 2.36. The molecule has 0 unspecified atom stereocenters. The van der Waals surface area contributed by atoms with Gasteiger partial charge in [0.1, 0.15) is 6.04 Å². The highest BCUT2D eigenvalue weighted by atomic mass is 32.1. The molecule has 0 spiro atoms. The lowest BCUT2D eigenvalue weighted by Crippen LogP contribution is -2.47. The molecule has 5 rings (SSSR count). The number of fused-ring (bicyclic) bond motifs is 1. The third kappa shape index (κ3) is 4.51. The number of nitrogens with one attached hydrogen (secondary N) is 1. The monoisotopic (exact) mass is 465 g/mol. The third-order valence-electron chi connectivity index (χ3n) is 5.89. The van der Waals surface area contributed by atoms with E-state index < -0.39 is 11.9 Å². The van der Waals surface area contributed by atoms with E-state index in [1.807, 2.05) is 0 Å². The molecule has 1 aliphatic carbocycles. The summed E-state index contributed by atoms with van der Waals surface area (Å²) in [7, 11) is 0. The number of nitrogens with zero attached hydrogens (tertiary/aromatic N) is 4. The smallest absolute Gasteiger partial charge is 0.280 e. The molecule has 33 heavy (non-hydrogen) atoms. The molecule has 1 saturated carbocycles. The van der Waals surface area contributed by atoms with Gasteiger partial charge in [-0.05, 0) is 42.6 Å². The van der Waals surface area contributed by atoms with Gasteiger partial charge in [-0.25, -0.2) is 0 Å². The first-order valence-electron chi connectivity index (χ1n) is 10.9. The van der Waals surface area contributed by atoms with Crippen molar-refractivity contribution in [3.05, 3.63) is 59.4 Å². The van der Waals surface area contributed by atoms with Crippen molar-refractivity contribution in [3.63, 3.8) is 0 Å². The van der Waals surface area contributed by atoms with Crippen LogP contribution in [0.25, 0.3) is 0 Å². The number of hydrogen-bond acceptors (Lipinski definition) is 8. The first-order valence-corrected chi connectivity index (χ1v) is 11.7. The van der Waals surface area contributed by atoms with Gasteiger partial charge in [-0.2, -0.15) is 0 Å². The molecule has 3 aromatic rings. The van der Waals surface area contributed by atoms with Gasteiger partial charge < -0.3 is 14.8 Å².